The second-order valence-electron chi connectivity index (χ2n) is 7.50. The molecule has 150 valence electrons. The summed E-state index contributed by atoms with van der Waals surface area (Å²) < 4.78 is 51.3. The molecule has 28 heavy (non-hydrogen) atoms. The highest BCUT2D eigenvalue weighted by atomic mass is 32.2. The SMILES string of the molecule is CC(=O)SCC(=Cc1cc(C(F)(F)F)ccc1C#N)B1OC(C)(C)C(C)(C)O1. The predicted molar refractivity (Wildman–Crippen MR) is 103 cm³/mol. The van der Waals surface area contributed by atoms with Gasteiger partial charge < -0.3 is 9.31 Å². The van der Waals surface area contributed by atoms with Gasteiger partial charge in [-0.15, -0.1) is 0 Å². The number of carbonyl (C=O) groups excluding carboxylic acids is 1. The van der Waals surface area contributed by atoms with Crippen molar-refractivity contribution in [3.63, 3.8) is 0 Å². The van der Waals surface area contributed by atoms with Gasteiger partial charge in [0, 0.05) is 12.7 Å². The van der Waals surface area contributed by atoms with Crippen molar-refractivity contribution in [2.45, 2.75) is 52.0 Å². The molecule has 1 fully saturated rings. The van der Waals surface area contributed by atoms with Gasteiger partial charge in [0.2, 0.25) is 0 Å². The van der Waals surface area contributed by atoms with E-state index in [0.717, 1.165) is 30.0 Å². The van der Waals surface area contributed by atoms with Gasteiger partial charge in [0.05, 0.1) is 28.4 Å². The van der Waals surface area contributed by atoms with Crippen molar-refractivity contribution in [2.24, 2.45) is 0 Å². The molecular weight excluding hydrogens is 390 g/mol. The molecule has 1 aromatic rings. The lowest BCUT2D eigenvalue weighted by Gasteiger charge is -2.32. The number of alkyl halides is 3. The fourth-order valence-corrected chi connectivity index (χ4v) is 3.11. The Morgan fingerprint density at radius 3 is 2.29 bits per heavy atom. The summed E-state index contributed by atoms with van der Waals surface area (Å²) in [5, 5.41) is 9.15. The number of benzene rings is 1. The Hall–Kier alpha value is -1.76. The zero-order chi connectivity index (χ0) is 21.3. The summed E-state index contributed by atoms with van der Waals surface area (Å²) in [7, 11) is -0.835. The number of hydrogen-bond donors (Lipinski definition) is 0. The van der Waals surface area contributed by atoms with Crippen LogP contribution >= 0.6 is 11.8 Å². The number of hydrogen-bond acceptors (Lipinski definition) is 5. The van der Waals surface area contributed by atoms with Crippen LogP contribution in [0.4, 0.5) is 13.2 Å². The van der Waals surface area contributed by atoms with Gasteiger partial charge in [-0.2, -0.15) is 18.4 Å². The first-order valence-corrected chi connectivity index (χ1v) is 9.56. The van der Waals surface area contributed by atoms with E-state index in [2.05, 4.69) is 0 Å². The smallest absolute Gasteiger partial charge is 0.400 e. The van der Waals surface area contributed by atoms with Gasteiger partial charge >= 0.3 is 13.3 Å². The molecule has 1 aliphatic heterocycles. The van der Waals surface area contributed by atoms with Crippen LogP contribution in [0.15, 0.2) is 23.7 Å². The minimum Gasteiger partial charge on any atom is -0.400 e. The summed E-state index contributed by atoms with van der Waals surface area (Å²) in [6, 6.07) is 4.82. The van der Waals surface area contributed by atoms with Crippen LogP contribution < -0.4 is 0 Å². The van der Waals surface area contributed by atoms with Gasteiger partial charge in [0.1, 0.15) is 0 Å². The molecule has 9 heteroatoms. The number of nitrogens with zero attached hydrogens (tertiary/aromatic N) is 1. The highest BCUT2D eigenvalue weighted by Crippen LogP contribution is 2.40. The monoisotopic (exact) mass is 411 g/mol. The Bertz CT molecular complexity index is 828. The molecule has 0 saturated carbocycles. The van der Waals surface area contributed by atoms with Crippen LogP contribution in [0.25, 0.3) is 6.08 Å². The van der Waals surface area contributed by atoms with Crippen molar-refractivity contribution in [2.75, 3.05) is 5.75 Å². The minimum atomic E-state index is -4.53. The largest absolute Gasteiger partial charge is 0.491 e. The number of carbonyl (C=O) groups is 1. The van der Waals surface area contributed by atoms with Crippen molar-refractivity contribution in [3.05, 3.63) is 40.4 Å². The van der Waals surface area contributed by atoms with E-state index >= 15 is 0 Å². The van der Waals surface area contributed by atoms with Crippen molar-refractivity contribution in [1.82, 2.24) is 0 Å². The Morgan fingerprint density at radius 1 is 1.25 bits per heavy atom. The lowest BCUT2D eigenvalue weighted by atomic mass is 9.78. The first-order valence-electron chi connectivity index (χ1n) is 8.57. The Labute approximate surface area is 167 Å². The molecule has 1 aliphatic rings. The predicted octanol–water partition coefficient (Wildman–Crippen LogP) is 4.87. The molecule has 1 heterocycles. The average molecular weight is 411 g/mol. The molecular formula is C19H21BF3NO3S. The lowest BCUT2D eigenvalue weighted by molar-refractivity contribution is -0.137. The van der Waals surface area contributed by atoms with Crippen LogP contribution in [0.3, 0.4) is 0 Å². The van der Waals surface area contributed by atoms with Gasteiger partial charge in [-0.05, 0) is 56.9 Å². The molecule has 0 unspecified atom stereocenters. The number of rotatable bonds is 4. The van der Waals surface area contributed by atoms with Crippen molar-refractivity contribution < 1.29 is 27.3 Å². The van der Waals surface area contributed by atoms with Crippen LogP contribution in [0, 0.1) is 11.3 Å². The van der Waals surface area contributed by atoms with E-state index in [0.29, 0.717) is 5.47 Å². The van der Waals surface area contributed by atoms with Crippen LogP contribution in [0.2, 0.25) is 0 Å². The summed E-state index contributed by atoms with van der Waals surface area (Å²) in [4.78, 5) is 11.4. The van der Waals surface area contributed by atoms with E-state index in [1.54, 1.807) is 0 Å². The van der Waals surface area contributed by atoms with E-state index in [1.165, 1.54) is 13.0 Å². The van der Waals surface area contributed by atoms with E-state index in [4.69, 9.17) is 9.31 Å². The third kappa shape index (κ3) is 4.99. The molecule has 0 atom stereocenters. The molecule has 4 nitrogen and oxygen atoms in total. The molecule has 1 saturated heterocycles. The van der Waals surface area contributed by atoms with E-state index in [1.807, 2.05) is 33.8 Å². The standard InChI is InChI=1S/C19H21BF3NO3S/c1-12(25)28-11-16(20-26-17(2,3)18(4,5)27-20)9-14-8-15(19(21,22)23)7-6-13(14)10-24/h6-9H,11H2,1-5H3. The van der Waals surface area contributed by atoms with E-state index in [9.17, 15) is 23.2 Å². The minimum absolute atomic E-state index is 0.0924. The molecule has 1 aromatic carbocycles. The first-order chi connectivity index (χ1) is 12.8. The van der Waals surface area contributed by atoms with Crippen molar-refractivity contribution in [1.29, 1.82) is 5.26 Å². The van der Waals surface area contributed by atoms with Gasteiger partial charge in [-0.25, -0.2) is 0 Å². The first kappa shape index (κ1) is 22.5. The summed E-state index contributed by atoms with van der Waals surface area (Å²) in [5.74, 6) is 0.174. The number of halogens is 3. The second-order valence-corrected chi connectivity index (χ2v) is 8.65. The lowest BCUT2D eigenvalue weighted by Crippen LogP contribution is -2.41. The molecule has 0 aliphatic carbocycles. The Balaban J connectivity index is 2.51. The normalized spacial score (nSPS) is 18.8. The van der Waals surface area contributed by atoms with Gasteiger partial charge in [-0.1, -0.05) is 17.8 Å². The van der Waals surface area contributed by atoms with Crippen molar-refractivity contribution >= 4 is 30.1 Å². The van der Waals surface area contributed by atoms with Crippen LogP contribution in [-0.4, -0.2) is 29.2 Å². The fraction of sp³-hybridized carbons (Fsp3) is 0.474. The maximum Gasteiger partial charge on any atom is 0.491 e. The maximum absolute atomic E-state index is 13.1. The van der Waals surface area contributed by atoms with Crippen LogP contribution in [-0.2, 0) is 20.3 Å². The maximum atomic E-state index is 13.1. The van der Waals surface area contributed by atoms with Crippen molar-refractivity contribution in [3.8, 4) is 6.07 Å². The molecule has 0 amide bonds. The highest BCUT2D eigenvalue weighted by molar-refractivity contribution is 8.13. The quantitative estimate of drug-likeness (QED) is 0.662. The molecule has 0 N–H and O–H groups in total. The molecule has 0 aromatic heterocycles. The third-order valence-corrected chi connectivity index (χ3v) is 5.72. The van der Waals surface area contributed by atoms with Crippen LogP contribution in [0.1, 0.15) is 51.3 Å². The van der Waals surface area contributed by atoms with Gasteiger partial charge in [0.15, 0.2) is 5.12 Å². The Morgan fingerprint density at radius 2 is 1.82 bits per heavy atom. The molecule has 2 rings (SSSR count). The van der Waals surface area contributed by atoms with E-state index in [-0.39, 0.29) is 22.0 Å². The second kappa shape index (κ2) is 7.93. The zero-order valence-corrected chi connectivity index (χ0v) is 17.1. The molecule has 0 radical (unpaired) electrons. The average Bonchev–Trinajstić information content (AvgIpc) is 2.77. The van der Waals surface area contributed by atoms with Gasteiger partial charge in [0.25, 0.3) is 0 Å². The van der Waals surface area contributed by atoms with Gasteiger partial charge in [-0.3, -0.25) is 4.79 Å². The van der Waals surface area contributed by atoms with Crippen LogP contribution in [0.5, 0.6) is 0 Å². The summed E-state index contributed by atoms with van der Waals surface area (Å²) in [6.45, 7) is 8.82. The third-order valence-electron chi connectivity index (χ3n) is 4.84. The summed E-state index contributed by atoms with van der Waals surface area (Å²) >= 11 is 0.997. The highest BCUT2D eigenvalue weighted by Gasteiger charge is 2.52. The van der Waals surface area contributed by atoms with E-state index < -0.39 is 30.1 Å². The topological polar surface area (TPSA) is 59.3 Å². The Kier molecular flexibility index (Phi) is 6.39. The summed E-state index contributed by atoms with van der Waals surface area (Å²) in [5.41, 5.74) is -1.48. The number of nitriles is 1. The molecule has 0 spiro atoms. The zero-order valence-electron chi connectivity index (χ0n) is 16.3. The fourth-order valence-electron chi connectivity index (χ4n) is 2.52. The molecule has 0 bridgehead atoms. The number of thioether (sulfide) groups is 1. The summed E-state index contributed by atoms with van der Waals surface area (Å²) in [6.07, 6.45) is -3.08.